The van der Waals surface area contributed by atoms with Gasteiger partial charge < -0.3 is 11.1 Å². The molecule has 1 aromatic carbocycles. The van der Waals surface area contributed by atoms with Crippen LogP contribution < -0.4 is 11.1 Å². The lowest BCUT2D eigenvalue weighted by atomic mass is 9.99. The Kier molecular flexibility index (Phi) is 6.81. The number of hydrogen-bond donors (Lipinski definition) is 2. The van der Waals surface area contributed by atoms with E-state index in [0.29, 0.717) is 0 Å². The van der Waals surface area contributed by atoms with Crippen LogP contribution in [0.1, 0.15) is 50.7 Å². The van der Waals surface area contributed by atoms with Crippen LogP contribution in [0.5, 0.6) is 0 Å². The molecule has 1 rings (SSSR count). The van der Waals surface area contributed by atoms with Gasteiger partial charge in [0.05, 0.1) is 0 Å². The number of nitrogens with one attached hydrogen (secondary N) is 1. The maximum Gasteiger partial charge on any atom is 0.0359 e. The largest absolute Gasteiger partial charge is 0.398 e. The van der Waals surface area contributed by atoms with Crippen molar-refractivity contribution in [3.8, 4) is 0 Å². The quantitative estimate of drug-likeness (QED) is 0.685. The Morgan fingerprint density at radius 3 is 2.72 bits per heavy atom. The molecule has 0 aromatic heterocycles. The summed E-state index contributed by atoms with van der Waals surface area (Å²) in [5, 5.41) is 3.55. The van der Waals surface area contributed by atoms with Crippen molar-refractivity contribution in [3.05, 3.63) is 29.3 Å². The molecule has 3 N–H and O–H groups in total. The predicted octanol–water partition coefficient (Wildman–Crippen LogP) is 3.88. The molecule has 0 amide bonds. The van der Waals surface area contributed by atoms with Gasteiger partial charge in [0.1, 0.15) is 0 Å². The van der Waals surface area contributed by atoms with Gasteiger partial charge in [-0.15, -0.1) is 0 Å². The van der Waals surface area contributed by atoms with Gasteiger partial charge in [0.15, 0.2) is 0 Å². The van der Waals surface area contributed by atoms with Crippen molar-refractivity contribution in [1.29, 1.82) is 0 Å². The second-order valence-electron chi connectivity index (χ2n) is 5.25. The van der Waals surface area contributed by atoms with Crippen molar-refractivity contribution in [2.24, 2.45) is 5.92 Å². The summed E-state index contributed by atoms with van der Waals surface area (Å²) in [6.45, 7) is 8.63. The third-order valence-corrected chi connectivity index (χ3v) is 3.59. The Labute approximate surface area is 112 Å². The third kappa shape index (κ3) is 5.09. The van der Waals surface area contributed by atoms with E-state index in [1.54, 1.807) is 0 Å². The number of rotatable bonds is 8. The molecule has 102 valence electrons. The van der Waals surface area contributed by atoms with Crippen LogP contribution in [0.3, 0.4) is 0 Å². The Morgan fingerprint density at radius 1 is 1.28 bits per heavy atom. The molecule has 0 aliphatic carbocycles. The van der Waals surface area contributed by atoms with Crippen LogP contribution >= 0.6 is 0 Å². The summed E-state index contributed by atoms with van der Waals surface area (Å²) in [5.74, 6) is 0.802. The molecule has 0 fully saturated rings. The summed E-state index contributed by atoms with van der Waals surface area (Å²) in [4.78, 5) is 0. The molecule has 0 spiro atoms. The molecule has 0 aliphatic heterocycles. The van der Waals surface area contributed by atoms with Crippen molar-refractivity contribution in [1.82, 2.24) is 5.32 Å². The smallest absolute Gasteiger partial charge is 0.0359 e. The zero-order valence-electron chi connectivity index (χ0n) is 12.1. The van der Waals surface area contributed by atoms with Crippen molar-refractivity contribution in [2.45, 2.75) is 53.0 Å². The van der Waals surface area contributed by atoms with E-state index in [1.165, 1.54) is 36.8 Å². The minimum Gasteiger partial charge on any atom is -0.398 e. The number of anilines is 1. The van der Waals surface area contributed by atoms with Gasteiger partial charge in [0, 0.05) is 12.2 Å². The highest BCUT2D eigenvalue weighted by Crippen LogP contribution is 2.15. The van der Waals surface area contributed by atoms with Gasteiger partial charge in [-0.05, 0) is 37.4 Å². The van der Waals surface area contributed by atoms with Gasteiger partial charge in [-0.25, -0.2) is 0 Å². The van der Waals surface area contributed by atoms with Gasteiger partial charge in [-0.3, -0.25) is 0 Å². The minimum atomic E-state index is 0.802. The van der Waals surface area contributed by atoms with Crippen LogP contribution in [0.4, 0.5) is 5.69 Å². The van der Waals surface area contributed by atoms with Gasteiger partial charge in [-0.2, -0.15) is 0 Å². The second kappa shape index (κ2) is 8.15. The molecule has 1 aromatic rings. The first-order valence-electron chi connectivity index (χ1n) is 7.23. The first kappa shape index (κ1) is 15.0. The first-order chi connectivity index (χ1) is 8.67. The minimum absolute atomic E-state index is 0.802. The number of hydrogen-bond acceptors (Lipinski definition) is 2. The van der Waals surface area contributed by atoms with Crippen LogP contribution in [0.15, 0.2) is 18.2 Å². The molecule has 2 heteroatoms. The molecular weight excluding hydrogens is 220 g/mol. The lowest BCUT2D eigenvalue weighted by Crippen LogP contribution is -2.22. The molecule has 1 unspecified atom stereocenters. The predicted molar refractivity (Wildman–Crippen MR) is 80.6 cm³/mol. The van der Waals surface area contributed by atoms with Crippen molar-refractivity contribution in [2.75, 3.05) is 12.3 Å². The molecule has 0 saturated carbocycles. The van der Waals surface area contributed by atoms with Crippen molar-refractivity contribution >= 4 is 5.69 Å². The third-order valence-electron chi connectivity index (χ3n) is 3.59. The molecule has 0 bridgehead atoms. The first-order valence-corrected chi connectivity index (χ1v) is 7.23. The van der Waals surface area contributed by atoms with Gasteiger partial charge in [-0.1, -0.05) is 50.8 Å². The molecule has 0 radical (unpaired) electrons. The molecular formula is C16H28N2. The number of nitrogens with two attached hydrogens (primary N) is 1. The van der Waals surface area contributed by atoms with Crippen molar-refractivity contribution in [3.63, 3.8) is 0 Å². The highest BCUT2D eigenvalue weighted by molar-refractivity contribution is 5.48. The molecule has 1 atom stereocenters. The highest BCUT2D eigenvalue weighted by atomic mass is 14.9. The van der Waals surface area contributed by atoms with Crippen molar-refractivity contribution < 1.29 is 0 Å². The van der Waals surface area contributed by atoms with Crippen LogP contribution in [0.25, 0.3) is 0 Å². The lowest BCUT2D eigenvalue weighted by molar-refractivity contribution is 0.419. The summed E-state index contributed by atoms with van der Waals surface area (Å²) in [7, 11) is 0. The maximum absolute atomic E-state index is 5.98. The molecule has 0 aliphatic rings. The van der Waals surface area contributed by atoms with Gasteiger partial charge >= 0.3 is 0 Å². The Hall–Kier alpha value is -1.02. The fourth-order valence-corrected chi connectivity index (χ4v) is 2.24. The maximum atomic E-state index is 5.98. The van der Waals surface area contributed by atoms with E-state index in [9.17, 15) is 0 Å². The number of aryl methyl sites for hydroxylation is 1. The number of nitrogen functional groups attached to an aromatic ring is 1. The molecule has 0 saturated heterocycles. The summed E-state index contributed by atoms with van der Waals surface area (Å²) in [6.07, 6.45) is 5.23. The van der Waals surface area contributed by atoms with E-state index in [1.807, 2.05) is 6.07 Å². The molecule has 2 nitrogen and oxygen atoms in total. The monoisotopic (exact) mass is 248 g/mol. The topological polar surface area (TPSA) is 38.0 Å². The Morgan fingerprint density at radius 2 is 2.06 bits per heavy atom. The average Bonchev–Trinajstić information content (AvgIpc) is 2.37. The van der Waals surface area contributed by atoms with E-state index in [4.69, 9.17) is 5.73 Å². The lowest BCUT2D eigenvalue weighted by Gasteiger charge is -2.16. The summed E-state index contributed by atoms with van der Waals surface area (Å²) >= 11 is 0. The van der Waals surface area contributed by atoms with E-state index in [-0.39, 0.29) is 0 Å². The normalized spacial score (nSPS) is 12.6. The summed E-state index contributed by atoms with van der Waals surface area (Å²) in [5.41, 5.74) is 9.38. The summed E-state index contributed by atoms with van der Waals surface area (Å²) < 4.78 is 0. The van der Waals surface area contributed by atoms with E-state index in [0.717, 1.165) is 24.7 Å². The van der Waals surface area contributed by atoms with Crippen LogP contribution in [-0.4, -0.2) is 6.54 Å². The van der Waals surface area contributed by atoms with Gasteiger partial charge in [0.25, 0.3) is 0 Å². The average molecular weight is 248 g/mol. The fourth-order valence-electron chi connectivity index (χ4n) is 2.24. The fraction of sp³-hybridized carbons (Fsp3) is 0.625. The Bertz CT molecular complexity index is 347. The standard InChI is InChI=1S/C16H28N2/c1-4-6-7-14(5-2)11-18-12-15-10-13(3)8-9-16(15)17/h8-10,14,18H,4-7,11-12,17H2,1-3H3. The number of benzene rings is 1. The highest BCUT2D eigenvalue weighted by Gasteiger charge is 2.06. The summed E-state index contributed by atoms with van der Waals surface area (Å²) in [6, 6.07) is 6.24. The molecule has 0 heterocycles. The van der Waals surface area contributed by atoms with Gasteiger partial charge in [0.2, 0.25) is 0 Å². The van der Waals surface area contributed by atoms with Crippen LogP contribution in [-0.2, 0) is 6.54 Å². The van der Waals surface area contributed by atoms with E-state index in [2.05, 4.69) is 38.2 Å². The zero-order valence-corrected chi connectivity index (χ0v) is 12.1. The van der Waals surface area contributed by atoms with Crippen LogP contribution in [0, 0.1) is 12.8 Å². The second-order valence-corrected chi connectivity index (χ2v) is 5.25. The Balaban J connectivity index is 2.37. The van der Waals surface area contributed by atoms with E-state index >= 15 is 0 Å². The zero-order chi connectivity index (χ0) is 13.4. The molecule has 18 heavy (non-hydrogen) atoms. The van der Waals surface area contributed by atoms with Crippen LogP contribution in [0.2, 0.25) is 0 Å². The van der Waals surface area contributed by atoms with E-state index < -0.39 is 0 Å². The number of unbranched alkanes of at least 4 members (excludes halogenated alkanes) is 1. The SMILES string of the molecule is CCCCC(CC)CNCc1cc(C)ccc1N.